The minimum absolute atomic E-state index is 0.112. The molecule has 1 amide bonds. The average molecular weight is 227 g/mol. The lowest BCUT2D eigenvalue weighted by atomic mass is 10.2. The summed E-state index contributed by atoms with van der Waals surface area (Å²) in [4.78, 5) is 10.5. The van der Waals surface area contributed by atoms with Gasteiger partial charge in [0.15, 0.2) is 0 Å². The molecule has 2 nitrogen and oxygen atoms in total. The van der Waals surface area contributed by atoms with Crippen LogP contribution in [0.25, 0.3) is 0 Å². The van der Waals surface area contributed by atoms with Crippen LogP contribution >= 0.6 is 0 Å². The van der Waals surface area contributed by atoms with Crippen LogP contribution in [0.4, 0.5) is 4.39 Å². The molecule has 92 valence electrons. The Labute approximate surface area is 97.9 Å². The standard InChI is InChI=1S/C9H10FNO.2C2H6/c1-7(12)11-6-8-3-2-4-9(10)5-8;2*1-2/h2-5H,6H2,1H3,(H,11,12);2*1-2H3. The Morgan fingerprint density at radius 3 is 2.25 bits per heavy atom. The Morgan fingerprint density at radius 2 is 1.81 bits per heavy atom. The van der Waals surface area contributed by atoms with E-state index in [-0.39, 0.29) is 11.7 Å². The molecule has 0 aliphatic heterocycles. The molecule has 0 aliphatic rings. The first-order valence-electron chi connectivity index (χ1n) is 5.67. The molecule has 16 heavy (non-hydrogen) atoms. The molecular formula is C13H22FNO. The SMILES string of the molecule is CC.CC.CC(=O)NCc1cccc(F)c1. The van der Waals surface area contributed by atoms with E-state index in [1.807, 2.05) is 27.7 Å². The molecule has 1 N–H and O–H groups in total. The van der Waals surface area contributed by atoms with Gasteiger partial charge in [-0.25, -0.2) is 4.39 Å². The lowest BCUT2D eigenvalue weighted by molar-refractivity contribution is -0.119. The van der Waals surface area contributed by atoms with Gasteiger partial charge in [0.05, 0.1) is 0 Å². The van der Waals surface area contributed by atoms with Crippen LogP contribution < -0.4 is 5.32 Å². The molecular weight excluding hydrogens is 205 g/mol. The fraction of sp³-hybridized carbons (Fsp3) is 0.462. The fourth-order valence-electron chi connectivity index (χ4n) is 0.873. The van der Waals surface area contributed by atoms with E-state index in [1.165, 1.54) is 19.1 Å². The van der Waals surface area contributed by atoms with Crippen molar-refractivity contribution in [3.63, 3.8) is 0 Å². The average Bonchev–Trinajstić information content (AvgIpc) is 2.32. The zero-order valence-corrected chi connectivity index (χ0v) is 10.8. The van der Waals surface area contributed by atoms with Crippen LogP contribution in [0.3, 0.4) is 0 Å². The van der Waals surface area contributed by atoms with Gasteiger partial charge in [0.1, 0.15) is 5.82 Å². The summed E-state index contributed by atoms with van der Waals surface area (Å²) in [5, 5.41) is 2.58. The van der Waals surface area contributed by atoms with Crippen LogP contribution in [-0.4, -0.2) is 5.91 Å². The Bertz CT molecular complexity index is 287. The number of halogens is 1. The fourth-order valence-corrected chi connectivity index (χ4v) is 0.873. The third-order valence-corrected chi connectivity index (χ3v) is 1.43. The summed E-state index contributed by atoms with van der Waals surface area (Å²) in [6.45, 7) is 9.81. The normalized spacial score (nSPS) is 7.88. The van der Waals surface area contributed by atoms with Gasteiger partial charge in [-0.15, -0.1) is 0 Å². The van der Waals surface area contributed by atoms with Crippen LogP contribution in [0.1, 0.15) is 40.2 Å². The maximum atomic E-state index is 12.6. The van der Waals surface area contributed by atoms with Crippen molar-refractivity contribution in [2.24, 2.45) is 0 Å². The van der Waals surface area contributed by atoms with Gasteiger partial charge in [0.2, 0.25) is 5.91 Å². The molecule has 0 saturated carbocycles. The van der Waals surface area contributed by atoms with Crippen molar-refractivity contribution in [2.45, 2.75) is 41.2 Å². The number of carbonyl (C=O) groups excluding carboxylic acids is 1. The van der Waals surface area contributed by atoms with Gasteiger partial charge < -0.3 is 5.32 Å². The van der Waals surface area contributed by atoms with Crippen molar-refractivity contribution < 1.29 is 9.18 Å². The number of amides is 1. The first-order chi connectivity index (χ1) is 7.68. The van der Waals surface area contributed by atoms with E-state index in [4.69, 9.17) is 0 Å². The van der Waals surface area contributed by atoms with Crippen LogP contribution in [0.5, 0.6) is 0 Å². The summed E-state index contributed by atoms with van der Waals surface area (Å²) in [7, 11) is 0. The molecule has 1 aromatic rings. The van der Waals surface area contributed by atoms with E-state index < -0.39 is 0 Å². The number of rotatable bonds is 2. The molecule has 0 radical (unpaired) electrons. The molecule has 0 aromatic heterocycles. The molecule has 0 saturated heterocycles. The van der Waals surface area contributed by atoms with E-state index >= 15 is 0 Å². The van der Waals surface area contributed by atoms with Gasteiger partial charge in [0.25, 0.3) is 0 Å². The van der Waals surface area contributed by atoms with Crippen molar-refractivity contribution in [3.8, 4) is 0 Å². The maximum Gasteiger partial charge on any atom is 0.217 e. The van der Waals surface area contributed by atoms with Crippen molar-refractivity contribution in [3.05, 3.63) is 35.6 Å². The summed E-state index contributed by atoms with van der Waals surface area (Å²) in [5.41, 5.74) is 0.769. The van der Waals surface area contributed by atoms with Gasteiger partial charge >= 0.3 is 0 Å². The van der Waals surface area contributed by atoms with Gasteiger partial charge in [-0.05, 0) is 17.7 Å². The molecule has 0 aliphatic carbocycles. The Kier molecular flexibility index (Phi) is 12.4. The number of benzene rings is 1. The minimum Gasteiger partial charge on any atom is -0.352 e. The highest BCUT2D eigenvalue weighted by Crippen LogP contribution is 2.02. The zero-order chi connectivity index (χ0) is 13.0. The van der Waals surface area contributed by atoms with E-state index in [0.717, 1.165) is 5.56 Å². The lowest BCUT2D eigenvalue weighted by Crippen LogP contribution is -2.18. The summed E-state index contributed by atoms with van der Waals surface area (Å²) < 4.78 is 12.6. The Hall–Kier alpha value is -1.38. The zero-order valence-electron chi connectivity index (χ0n) is 10.8. The minimum atomic E-state index is -0.280. The van der Waals surface area contributed by atoms with Crippen LogP contribution in [0.2, 0.25) is 0 Å². The summed E-state index contributed by atoms with van der Waals surface area (Å²) in [6, 6.07) is 6.15. The highest BCUT2D eigenvalue weighted by atomic mass is 19.1. The number of hydrogen-bond donors (Lipinski definition) is 1. The van der Waals surface area contributed by atoms with E-state index in [2.05, 4.69) is 5.32 Å². The topological polar surface area (TPSA) is 29.1 Å². The lowest BCUT2D eigenvalue weighted by Gasteiger charge is -2.01. The highest BCUT2D eigenvalue weighted by molar-refractivity contribution is 5.72. The quantitative estimate of drug-likeness (QED) is 0.823. The van der Waals surface area contributed by atoms with Gasteiger partial charge in [0, 0.05) is 13.5 Å². The van der Waals surface area contributed by atoms with Gasteiger partial charge in [-0.1, -0.05) is 39.8 Å². The smallest absolute Gasteiger partial charge is 0.217 e. The first-order valence-corrected chi connectivity index (χ1v) is 5.67. The second-order valence-electron chi connectivity index (χ2n) is 2.54. The molecule has 0 unspecified atom stereocenters. The number of carbonyl (C=O) groups is 1. The van der Waals surface area contributed by atoms with Crippen LogP contribution in [0, 0.1) is 5.82 Å². The van der Waals surface area contributed by atoms with Crippen molar-refractivity contribution in [2.75, 3.05) is 0 Å². The predicted molar refractivity (Wildman–Crippen MR) is 66.6 cm³/mol. The van der Waals surface area contributed by atoms with E-state index in [0.29, 0.717) is 6.54 Å². The van der Waals surface area contributed by atoms with Crippen LogP contribution in [-0.2, 0) is 11.3 Å². The summed E-state index contributed by atoms with van der Waals surface area (Å²) in [6.07, 6.45) is 0. The molecule has 0 heterocycles. The highest BCUT2D eigenvalue weighted by Gasteiger charge is 1.95. The van der Waals surface area contributed by atoms with Gasteiger partial charge in [-0.3, -0.25) is 4.79 Å². The molecule has 1 aromatic carbocycles. The molecule has 0 spiro atoms. The Balaban J connectivity index is 0. The van der Waals surface area contributed by atoms with Crippen molar-refractivity contribution in [1.29, 1.82) is 0 Å². The third-order valence-electron chi connectivity index (χ3n) is 1.43. The molecule has 0 atom stereocenters. The molecule has 3 heteroatoms. The Morgan fingerprint density at radius 1 is 1.25 bits per heavy atom. The number of hydrogen-bond acceptors (Lipinski definition) is 1. The van der Waals surface area contributed by atoms with Crippen molar-refractivity contribution in [1.82, 2.24) is 5.32 Å². The monoisotopic (exact) mass is 227 g/mol. The summed E-state index contributed by atoms with van der Waals surface area (Å²) in [5.74, 6) is -0.392. The second kappa shape index (κ2) is 11.7. The molecule has 1 rings (SSSR count). The predicted octanol–water partition coefficient (Wildman–Crippen LogP) is 3.51. The summed E-state index contributed by atoms with van der Waals surface area (Å²) >= 11 is 0. The second-order valence-corrected chi connectivity index (χ2v) is 2.54. The molecule has 0 fully saturated rings. The van der Waals surface area contributed by atoms with Crippen molar-refractivity contribution >= 4 is 5.91 Å². The van der Waals surface area contributed by atoms with Crippen LogP contribution in [0.15, 0.2) is 24.3 Å². The van der Waals surface area contributed by atoms with Gasteiger partial charge in [-0.2, -0.15) is 0 Å². The van der Waals surface area contributed by atoms with E-state index in [9.17, 15) is 9.18 Å². The largest absolute Gasteiger partial charge is 0.352 e. The first kappa shape index (κ1) is 17.0. The van der Waals surface area contributed by atoms with E-state index in [1.54, 1.807) is 12.1 Å². The third kappa shape index (κ3) is 9.19. The maximum absolute atomic E-state index is 12.6. The number of nitrogens with one attached hydrogen (secondary N) is 1. The molecule has 0 bridgehead atoms.